The Balaban J connectivity index is 0.00000208. The monoisotopic (exact) mass is 448 g/mol. The Morgan fingerprint density at radius 2 is 2.08 bits per heavy atom. The third-order valence-electron chi connectivity index (χ3n) is 4.72. The number of rotatable bonds is 5. The summed E-state index contributed by atoms with van der Waals surface area (Å²) in [5, 5.41) is 10.8. The molecular weight excluding hydrogens is 419 g/mol. The van der Waals surface area contributed by atoms with Gasteiger partial charge in [0.15, 0.2) is 11.7 Å². The lowest BCUT2D eigenvalue weighted by atomic mass is 10.1. The van der Waals surface area contributed by atoms with Gasteiger partial charge in [-0.25, -0.2) is 0 Å². The van der Waals surface area contributed by atoms with Gasteiger partial charge in [-0.15, -0.1) is 24.0 Å². The first kappa shape index (κ1) is 19.5. The minimum atomic E-state index is 0. The number of hydrogen-bond donors (Lipinski definition) is 2. The number of aromatic nitrogens is 1. The van der Waals surface area contributed by atoms with E-state index in [9.17, 15) is 0 Å². The first-order chi connectivity index (χ1) is 11.2. The van der Waals surface area contributed by atoms with Crippen molar-refractivity contribution in [1.29, 1.82) is 0 Å². The Labute approximate surface area is 161 Å². The molecule has 7 nitrogen and oxygen atoms in total. The summed E-state index contributed by atoms with van der Waals surface area (Å²) in [7, 11) is 1.80. The van der Waals surface area contributed by atoms with Crippen LogP contribution in [-0.2, 0) is 6.54 Å². The Bertz CT molecular complexity index is 538. The zero-order valence-electron chi connectivity index (χ0n) is 14.8. The van der Waals surface area contributed by atoms with Gasteiger partial charge in [-0.2, -0.15) is 0 Å². The van der Waals surface area contributed by atoms with Crippen LogP contribution in [0.3, 0.4) is 0 Å². The molecule has 4 rings (SSSR count). The van der Waals surface area contributed by atoms with Crippen LogP contribution >= 0.6 is 24.0 Å². The number of halogens is 1. The lowest BCUT2D eigenvalue weighted by Crippen LogP contribution is -2.63. The second-order valence-corrected chi connectivity index (χ2v) is 6.67. The van der Waals surface area contributed by atoms with Crippen molar-refractivity contribution in [3.8, 4) is 0 Å². The predicted molar refractivity (Wildman–Crippen MR) is 106 cm³/mol. The molecule has 0 spiro atoms. The molecule has 1 aromatic heterocycles. The fourth-order valence-electron chi connectivity index (χ4n) is 3.21. The minimum absolute atomic E-state index is 0. The first-order valence-corrected chi connectivity index (χ1v) is 8.52. The van der Waals surface area contributed by atoms with Crippen molar-refractivity contribution in [2.75, 3.05) is 46.3 Å². The van der Waals surface area contributed by atoms with Gasteiger partial charge in [0, 0.05) is 58.4 Å². The molecule has 2 bridgehead atoms. The summed E-state index contributed by atoms with van der Waals surface area (Å²) in [6.07, 6.45) is 0. The lowest BCUT2D eigenvalue weighted by molar-refractivity contribution is 0.0154. The molecule has 3 aliphatic rings. The van der Waals surface area contributed by atoms with E-state index in [-0.39, 0.29) is 24.0 Å². The summed E-state index contributed by atoms with van der Waals surface area (Å²) in [4.78, 5) is 9.41. The molecule has 8 heteroatoms. The number of nitrogens with zero attached hydrogens (tertiary/aromatic N) is 4. The second kappa shape index (κ2) is 9.00. The molecule has 3 saturated heterocycles. The van der Waals surface area contributed by atoms with E-state index in [1.165, 1.54) is 26.2 Å². The van der Waals surface area contributed by atoms with Crippen molar-refractivity contribution < 1.29 is 4.52 Å². The van der Waals surface area contributed by atoms with E-state index in [1.54, 1.807) is 7.05 Å². The van der Waals surface area contributed by atoms with Gasteiger partial charge in [0.05, 0.1) is 12.2 Å². The molecule has 0 amide bonds. The molecule has 3 fully saturated rings. The van der Waals surface area contributed by atoms with Gasteiger partial charge >= 0.3 is 0 Å². The zero-order chi connectivity index (χ0) is 16.2. The zero-order valence-corrected chi connectivity index (χ0v) is 17.1. The number of aliphatic imine (C=N–C) groups is 1. The van der Waals surface area contributed by atoms with E-state index in [2.05, 4.69) is 44.4 Å². The third-order valence-corrected chi connectivity index (χ3v) is 4.72. The predicted octanol–water partition coefficient (Wildman–Crippen LogP) is 1.08. The molecule has 0 aromatic carbocycles. The van der Waals surface area contributed by atoms with Gasteiger partial charge in [0.1, 0.15) is 0 Å². The highest BCUT2D eigenvalue weighted by Crippen LogP contribution is 2.15. The van der Waals surface area contributed by atoms with E-state index in [0.717, 1.165) is 30.5 Å². The molecule has 1 atom stereocenters. The average Bonchev–Trinajstić information content (AvgIpc) is 3.05. The average molecular weight is 448 g/mol. The summed E-state index contributed by atoms with van der Waals surface area (Å²) in [6, 6.07) is 2.58. The van der Waals surface area contributed by atoms with E-state index in [1.807, 2.05) is 6.07 Å². The molecule has 3 aliphatic heterocycles. The number of nitrogens with one attached hydrogen (secondary N) is 2. The van der Waals surface area contributed by atoms with Gasteiger partial charge in [-0.3, -0.25) is 14.8 Å². The van der Waals surface area contributed by atoms with Crippen molar-refractivity contribution >= 4 is 29.9 Å². The van der Waals surface area contributed by atoms with E-state index >= 15 is 0 Å². The highest BCUT2D eigenvalue weighted by atomic mass is 127. The van der Waals surface area contributed by atoms with Crippen LogP contribution in [0.5, 0.6) is 0 Å². The highest BCUT2D eigenvalue weighted by Gasteiger charge is 2.31. The van der Waals surface area contributed by atoms with Gasteiger partial charge in [-0.05, 0) is 5.92 Å². The highest BCUT2D eigenvalue weighted by molar-refractivity contribution is 14.0. The molecule has 1 unspecified atom stereocenters. The minimum Gasteiger partial charge on any atom is -0.359 e. The molecule has 4 heterocycles. The fourth-order valence-corrected chi connectivity index (χ4v) is 3.21. The lowest BCUT2D eigenvalue weighted by Gasteiger charge is -2.47. The Kier molecular flexibility index (Phi) is 7.30. The summed E-state index contributed by atoms with van der Waals surface area (Å²) in [6.45, 7) is 11.7. The Hall–Kier alpha value is -0.870. The van der Waals surface area contributed by atoms with E-state index < -0.39 is 0 Å². The Morgan fingerprint density at radius 1 is 1.33 bits per heavy atom. The second-order valence-electron chi connectivity index (χ2n) is 6.67. The molecule has 0 saturated carbocycles. The van der Waals surface area contributed by atoms with Crippen LogP contribution < -0.4 is 10.6 Å². The molecule has 2 N–H and O–H groups in total. The van der Waals surface area contributed by atoms with E-state index in [4.69, 9.17) is 4.52 Å². The molecule has 0 aliphatic carbocycles. The van der Waals surface area contributed by atoms with Crippen molar-refractivity contribution in [2.24, 2.45) is 4.99 Å². The van der Waals surface area contributed by atoms with Gasteiger partial charge < -0.3 is 15.2 Å². The number of piperazine rings is 3. The van der Waals surface area contributed by atoms with Crippen LogP contribution in [0.15, 0.2) is 15.6 Å². The smallest absolute Gasteiger partial charge is 0.191 e. The normalized spacial score (nSPS) is 26.3. The topological polar surface area (TPSA) is 68.9 Å². The van der Waals surface area contributed by atoms with Crippen LogP contribution in [0.1, 0.15) is 31.2 Å². The SMILES string of the molecule is CN=C(NCc1cc(C(C)C)no1)NCC1CN2CCN1CC2.I. The van der Waals surface area contributed by atoms with Crippen molar-refractivity contribution in [2.45, 2.75) is 32.4 Å². The first-order valence-electron chi connectivity index (χ1n) is 8.52. The fraction of sp³-hybridized carbons (Fsp3) is 0.750. The third kappa shape index (κ3) is 4.82. The molecule has 1 aromatic rings. The van der Waals surface area contributed by atoms with Gasteiger partial charge in [0.2, 0.25) is 0 Å². The van der Waals surface area contributed by atoms with Crippen molar-refractivity contribution in [3.05, 3.63) is 17.5 Å². The largest absolute Gasteiger partial charge is 0.359 e. The maximum Gasteiger partial charge on any atom is 0.191 e. The number of guanidine groups is 1. The number of fused-ring (bicyclic) bond motifs is 3. The van der Waals surface area contributed by atoms with E-state index in [0.29, 0.717) is 18.5 Å². The summed E-state index contributed by atoms with van der Waals surface area (Å²) >= 11 is 0. The van der Waals surface area contributed by atoms with Crippen LogP contribution in [0, 0.1) is 0 Å². The van der Waals surface area contributed by atoms with Crippen molar-refractivity contribution in [3.63, 3.8) is 0 Å². The molecule has 136 valence electrons. The summed E-state index contributed by atoms with van der Waals surface area (Å²) in [5.74, 6) is 2.03. The van der Waals surface area contributed by atoms with Crippen LogP contribution in [0.25, 0.3) is 0 Å². The van der Waals surface area contributed by atoms with Gasteiger partial charge in [-0.1, -0.05) is 19.0 Å². The number of hydrogen-bond acceptors (Lipinski definition) is 5. The quantitative estimate of drug-likeness (QED) is 0.399. The van der Waals surface area contributed by atoms with Crippen molar-refractivity contribution in [1.82, 2.24) is 25.6 Å². The summed E-state index contributed by atoms with van der Waals surface area (Å²) < 4.78 is 5.35. The standard InChI is InChI=1S/C16H28N6O.HI/c1-12(2)15-8-14(23-20-15)10-19-16(17-3)18-9-13-11-21-4-6-22(13)7-5-21;/h8,12-13H,4-7,9-11H2,1-3H3,(H2,17,18,19);1H. The molecule has 24 heavy (non-hydrogen) atoms. The van der Waals surface area contributed by atoms with Crippen LogP contribution in [0.2, 0.25) is 0 Å². The van der Waals surface area contributed by atoms with Crippen LogP contribution in [-0.4, -0.2) is 73.3 Å². The molecule has 0 radical (unpaired) electrons. The maximum absolute atomic E-state index is 5.35. The summed E-state index contributed by atoms with van der Waals surface area (Å²) in [5.41, 5.74) is 0.991. The van der Waals surface area contributed by atoms with Crippen LogP contribution in [0.4, 0.5) is 0 Å². The Morgan fingerprint density at radius 3 is 2.62 bits per heavy atom. The maximum atomic E-state index is 5.35. The molecular formula is C16H29IN6O. The van der Waals surface area contributed by atoms with Gasteiger partial charge in [0.25, 0.3) is 0 Å².